The van der Waals surface area contributed by atoms with Gasteiger partial charge < -0.3 is 14.9 Å². The van der Waals surface area contributed by atoms with E-state index >= 15 is 0 Å². The molecular weight excluding hydrogens is 287 g/mol. The van der Waals surface area contributed by atoms with E-state index in [1.165, 1.54) is 30.3 Å². The van der Waals surface area contributed by atoms with Crippen LogP contribution in [-0.4, -0.2) is 16.2 Å². The Balaban J connectivity index is 2.16. The fraction of sp³-hybridized carbons (Fsp3) is 0.0714. The number of aromatic hydroxyl groups is 1. The second-order valence-electron chi connectivity index (χ2n) is 3.97. The van der Waals surface area contributed by atoms with Gasteiger partial charge in [0.15, 0.2) is 0 Å². The number of hydrogen-bond donors (Lipinski definition) is 2. The first kappa shape index (κ1) is 14.1. The number of halogens is 2. The van der Waals surface area contributed by atoms with E-state index in [1.807, 2.05) is 0 Å². The summed E-state index contributed by atoms with van der Waals surface area (Å²) in [6.07, 6.45) is 0. The number of carbonyl (C=O) groups is 1. The van der Waals surface area contributed by atoms with Crippen LogP contribution >= 0.6 is 11.6 Å². The molecule has 0 bridgehead atoms. The molecule has 0 unspecified atom stereocenters. The zero-order valence-electron chi connectivity index (χ0n) is 10.1. The predicted molar refractivity (Wildman–Crippen MR) is 70.8 cm³/mol. The molecule has 0 saturated heterocycles. The molecule has 0 spiro atoms. The molecule has 2 rings (SSSR count). The van der Waals surface area contributed by atoms with Gasteiger partial charge in [0.1, 0.15) is 29.5 Å². The molecule has 0 amide bonds. The van der Waals surface area contributed by atoms with Gasteiger partial charge in [-0.05, 0) is 24.3 Å². The van der Waals surface area contributed by atoms with E-state index in [0.29, 0.717) is 0 Å². The number of phenols is 1. The predicted octanol–water partition coefficient (Wildman–Crippen LogP) is 3.46. The van der Waals surface area contributed by atoms with E-state index in [0.717, 1.165) is 6.07 Å². The molecule has 4 nitrogen and oxygen atoms in total. The molecule has 2 N–H and O–H groups in total. The average Bonchev–Trinajstić information content (AvgIpc) is 2.37. The molecule has 0 saturated carbocycles. The van der Waals surface area contributed by atoms with Gasteiger partial charge in [0.05, 0.1) is 5.02 Å². The number of benzene rings is 2. The maximum atomic E-state index is 13.5. The monoisotopic (exact) mass is 296 g/mol. The van der Waals surface area contributed by atoms with Gasteiger partial charge in [-0.2, -0.15) is 0 Å². The first-order chi connectivity index (χ1) is 9.49. The topological polar surface area (TPSA) is 66.8 Å². The fourth-order valence-electron chi connectivity index (χ4n) is 1.61. The molecule has 104 valence electrons. The van der Waals surface area contributed by atoms with Crippen LogP contribution in [0.5, 0.6) is 11.5 Å². The van der Waals surface area contributed by atoms with Crippen LogP contribution in [0, 0.1) is 5.82 Å². The summed E-state index contributed by atoms with van der Waals surface area (Å²) in [6.45, 7) is -0.128. The number of aromatic carboxylic acids is 1. The van der Waals surface area contributed by atoms with E-state index in [-0.39, 0.29) is 28.5 Å². The van der Waals surface area contributed by atoms with Crippen molar-refractivity contribution >= 4 is 17.6 Å². The molecule has 2 aromatic rings. The lowest BCUT2D eigenvalue weighted by atomic mass is 10.2. The summed E-state index contributed by atoms with van der Waals surface area (Å²) in [7, 11) is 0. The quantitative estimate of drug-likeness (QED) is 0.906. The summed E-state index contributed by atoms with van der Waals surface area (Å²) >= 11 is 5.85. The Morgan fingerprint density at radius 3 is 2.65 bits per heavy atom. The molecule has 0 aromatic heterocycles. The summed E-state index contributed by atoms with van der Waals surface area (Å²) in [5, 5.41) is 18.5. The van der Waals surface area contributed by atoms with Crippen molar-refractivity contribution in [3.05, 3.63) is 58.4 Å². The summed E-state index contributed by atoms with van der Waals surface area (Å²) < 4.78 is 18.8. The minimum absolute atomic E-state index is 0.128. The van der Waals surface area contributed by atoms with Crippen LogP contribution in [0.25, 0.3) is 0 Å². The standard InChI is InChI=1S/C14H10ClFO4/c15-11-2-1-3-12(16)10(11)7-20-8-4-5-9(14(18)19)13(17)6-8/h1-6,17H,7H2,(H,18,19). The third-order valence-corrected chi connectivity index (χ3v) is 3.00. The number of carboxylic acid groups (broad SMARTS) is 1. The highest BCUT2D eigenvalue weighted by Gasteiger charge is 2.11. The van der Waals surface area contributed by atoms with Crippen molar-refractivity contribution in [3.63, 3.8) is 0 Å². The Hall–Kier alpha value is -2.27. The summed E-state index contributed by atoms with van der Waals surface area (Å²) in [5.41, 5.74) is -0.0442. The van der Waals surface area contributed by atoms with Crippen LogP contribution in [0.4, 0.5) is 4.39 Å². The average molecular weight is 297 g/mol. The maximum Gasteiger partial charge on any atom is 0.339 e. The third kappa shape index (κ3) is 3.00. The zero-order valence-corrected chi connectivity index (χ0v) is 10.9. The van der Waals surface area contributed by atoms with Gasteiger partial charge in [0.2, 0.25) is 0 Å². The zero-order chi connectivity index (χ0) is 14.7. The first-order valence-electron chi connectivity index (χ1n) is 5.61. The molecule has 20 heavy (non-hydrogen) atoms. The minimum atomic E-state index is -1.24. The molecule has 0 aliphatic carbocycles. The third-order valence-electron chi connectivity index (χ3n) is 2.64. The van der Waals surface area contributed by atoms with E-state index in [1.54, 1.807) is 0 Å². The van der Waals surface area contributed by atoms with Gasteiger partial charge in [0, 0.05) is 11.6 Å². The molecule has 0 aliphatic rings. The smallest absolute Gasteiger partial charge is 0.339 e. The van der Waals surface area contributed by atoms with Crippen molar-refractivity contribution in [2.45, 2.75) is 6.61 Å². The second kappa shape index (κ2) is 5.79. The van der Waals surface area contributed by atoms with Gasteiger partial charge in [-0.1, -0.05) is 17.7 Å². The molecule has 6 heteroatoms. The lowest BCUT2D eigenvalue weighted by molar-refractivity contribution is 0.0693. The minimum Gasteiger partial charge on any atom is -0.507 e. The van der Waals surface area contributed by atoms with Crippen molar-refractivity contribution in [1.29, 1.82) is 0 Å². The number of ether oxygens (including phenoxy) is 1. The molecule has 0 heterocycles. The molecule has 0 radical (unpaired) electrons. The van der Waals surface area contributed by atoms with E-state index in [2.05, 4.69) is 0 Å². The van der Waals surface area contributed by atoms with Gasteiger partial charge in [-0.3, -0.25) is 0 Å². The van der Waals surface area contributed by atoms with Gasteiger partial charge in [0.25, 0.3) is 0 Å². The van der Waals surface area contributed by atoms with Crippen molar-refractivity contribution in [2.24, 2.45) is 0 Å². The molecule has 0 fully saturated rings. The first-order valence-corrected chi connectivity index (χ1v) is 5.99. The van der Waals surface area contributed by atoms with Crippen LogP contribution < -0.4 is 4.74 Å². The van der Waals surface area contributed by atoms with E-state index in [9.17, 15) is 14.3 Å². The normalized spacial score (nSPS) is 10.3. The summed E-state index contributed by atoms with van der Waals surface area (Å²) in [4.78, 5) is 10.7. The van der Waals surface area contributed by atoms with Crippen molar-refractivity contribution in [2.75, 3.05) is 0 Å². The van der Waals surface area contributed by atoms with Crippen molar-refractivity contribution in [3.8, 4) is 11.5 Å². The van der Waals surface area contributed by atoms with Crippen LogP contribution in [-0.2, 0) is 6.61 Å². The van der Waals surface area contributed by atoms with Crippen LogP contribution in [0.1, 0.15) is 15.9 Å². The van der Waals surface area contributed by atoms with Crippen molar-refractivity contribution in [1.82, 2.24) is 0 Å². The Morgan fingerprint density at radius 2 is 2.05 bits per heavy atom. The van der Waals surface area contributed by atoms with E-state index < -0.39 is 17.5 Å². The highest BCUT2D eigenvalue weighted by atomic mass is 35.5. The number of rotatable bonds is 4. The summed E-state index contributed by atoms with van der Waals surface area (Å²) in [6, 6.07) is 8.00. The van der Waals surface area contributed by atoms with Gasteiger partial charge in [-0.25, -0.2) is 9.18 Å². The van der Waals surface area contributed by atoms with E-state index in [4.69, 9.17) is 21.4 Å². The Morgan fingerprint density at radius 1 is 1.30 bits per heavy atom. The lowest BCUT2D eigenvalue weighted by Crippen LogP contribution is -2.01. The lowest BCUT2D eigenvalue weighted by Gasteiger charge is -2.09. The van der Waals surface area contributed by atoms with Crippen LogP contribution in [0.2, 0.25) is 5.02 Å². The molecular formula is C14H10ClFO4. The Kier molecular flexibility index (Phi) is 4.10. The van der Waals surface area contributed by atoms with Gasteiger partial charge in [-0.15, -0.1) is 0 Å². The highest BCUT2D eigenvalue weighted by molar-refractivity contribution is 6.31. The number of hydrogen-bond acceptors (Lipinski definition) is 3. The fourth-order valence-corrected chi connectivity index (χ4v) is 1.83. The maximum absolute atomic E-state index is 13.5. The SMILES string of the molecule is O=C(O)c1ccc(OCc2c(F)cccc2Cl)cc1O. The molecule has 2 aromatic carbocycles. The molecule has 0 atom stereocenters. The van der Waals surface area contributed by atoms with Gasteiger partial charge >= 0.3 is 5.97 Å². The van der Waals surface area contributed by atoms with Crippen molar-refractivity contribution < 1.29 is 24.1 Å². The van der Waals surface area contributed by atoms with Crippen LogP contribution in [0.15, 0.2) is 36.4 Å². The molecule has 0 aliphatic heterocycles. The second-order valence-corrected chi connectivity index (χ2v) is 4.38. The Labute approximate surface area is 119 Å². The Bertz CT molecular complexity index is 637. The summed E-state index contributed by atoms with van der Waals surface area (Å²) in [5.74, 6) is -1.95. The number of carboxylic acids is 1. The largest absolute Gasteiger partial charge is 0.507 e. The van der Waals surface area contributed by atoms with Crippen LogP contribution in [0.3, 0.4) is 0 Å². The highest BCUT2D eigenvalue weighted by Crippen LogP contribution is 2.26.